The van der Waals surface area contributed by atoms with Crippen molar-refractivity contribution in [2.45, 2.75) is 45.2 Å². The summed E-state index contributed by atoms with van der Waals surface area (Å²) in [6.07, 6.45) is 7.23. The van der Waals surface area contributed by atoms with Crippen molar-refractivity contribution in [3.05, 3.63) is 12.4 Å². The lowest BCUT2D eigenvalue weighted by Gasteiger charge is -2.34. The Bertz CT molecular complexity index is 742. The Morgan fingerprint density at radius 3 is 2.78 bits per heavy atom. The average molecular weight is 400 g/mol. The first-order valence-electron chi connectivity index (χ1n) is 9.35. The number of aliphatic imine (C=N–C) groups is 1. The van der Waals surface area contributed by atoms with Crippen LogP contribution >= 0.6 is 0 Å². The van der Waals surface area contributed by atoms with Crippen LogP contribution in [0.4, 0.5) is 5.69 Å². The van der Waals surface area contributed by atoms with Crippen molar-refractivity contribution >= 4 is 21.7 Å². The Hall–Kier alpha value is -1.81. The summed E-state index contributed by atoms with van der Waals surface area (Å²) in [7, 11) is -1.36. The molecule has 0 aromatic carbocycles. The van der Waals surface area contributed by atoms with Gasteiger partial charge in [0.05, 0.1) is 24.7 Å². The van der Waals surface area contributed by atoms with Gasteiger partial charge in [0.25, 0.3) is 0 Å². The van der Waals surface area contributed by atoms with Gasteiger partial charge in [0.15, 0.2) is 5.96 Å². The predicted molar refractivity (Wildman–Crippen MR) is 110 cm³/mol. The highest BCUT2D eigenvalue weighted by Crippen LogP contribution is 2.19. The van der Waals surface area contributed by atoms with Crippen molar-refractivity contribution < 1.29 is 8.42 Å². The Morgan fingerprint density at radius 2 is 2.19 bits per heavy atom. The minimum absolute atomic E-state index is 0.266. The zero-order chi connectivity index (χ0) is 20.1. The third-order valence-electron chi connectivity index (χ3n) is 4.26. The van der Waals surface area contributed by atoms with Crippen LogP contribution in [0.3, 0.4) is 0 Å². The second kappa shape index (κ2) is 8.92. The minimum atomic E-state index is -3.28. The number of hydrogen-bond donors (Lipinski definition) is 3. The van der Waals surface area contributed by atoms with E-state index < -0.39 is 15.6 Å². The predicted octanol–water partition coefficient (Wildman–Crippen LogP) is 0.272. The zero-order valence-corrected chi connectivity index (χ0v) is 17.8. The van der Waals surface area contributed by atoms with Crippen LogP contribution in [0.2, 0.25) is 0 Å². The Labute approximate surface area is 162 Å². The molecule has 1 atom stereocenters. The van der Waals surface area contributed by atoms with Gasteiger partial charge in [0, 0.05) is 44.5 Å². The fraction of sp³-hybridized carbons (Fsp3) is 0.765. The molecule has 1 aromatic rings. The van der Waals surface area contributed by atoms with E-state index in [1.807, 2.05) is 44.9 Å². The Morgan fingerprint density at radius 1 is 1.44 bits per heavy atom. The van der Waals surface area contributed by atoms with Crippen LogP contribution in [-0.4, -0.2) is 68.2 Å². The highest BCUT2D eigenvalue weighted by atomic mass is 32.2. The van der Waals surface area contributed by atoms with Crippen LogP contribution < -0.4 is 20.3 Å². The van der Waals surface area contributed by atoms with E-state index in [2.05, 4.69) is 30.3 Å². The molecule has 3 N–H and O–H groups in total. The molecule has 2 heterocycles. The molecule has 9 nitrogen and oxygen atoms in total. The molecular weight excluding hydrogens is 366 g/mol. The molecule has 0 saturated carbocycles. The first-order chi connectivity index (χ1) is 12.6. The van der Waals surface area contributed by atoms with E-state index >= 15 is 0 Å². The van der Waals surface area contributed by atoms with Crippen molar-refractivity contribution in [3.63, 3.8) is 0 Å². The van der Waals surface area contributed by atoms with E-state index in [9.17, 15) is 8.42 Å². The van der Waals surface area contributed by atoms with Gasteiger partial charge in [-0.3, -0.25) is 9.67 Å². The van der Waals surface area contributed by atoms with Crippen LogP contribution in [0.25, 0.3) is 0 Å². The molecule has 0 bridgehead atoms. The number of piperidine rings is 1. The molecule has 0 aliphatic carbocycles. The number of nitrogens with zero attached hydrogens (tertiary/aromatic N) is 4. The fourth-order valence-electron chi connectivity index (χ4n) is 3.23. The summed E-state index contributed by atoms with van der Waals surface area (Å²) < 4.78 is 27.4. The summed E-state index contributed by atoms with van der Waals surface area (Å²) in [6.45, 7) is 8.64. The van der Waals surface area contributed by atoms with E-state index in [1.165, 1.54) is 0 Å². The minimum Gasteiger partial charge on any atom is -0.367 e. The number of rotatable bonds is 7. The summed E-state index contributed by atoms with van der Waals surface area (Å²) >= 11 is 0. The summed E-state index contributed by atoms with van der Waals surface area (Å²) in [5, 5.41) is 11.0. The lowest BCUT2D eigenvalue weighted by Crippen LogP contribution is -2.52. The van der Waals surface area contributed by atoms with Gasteiger partial charge in [-0.2, -0.15) is 5.10 Å². The van der Waals surface area contributed by atoms with E-state index in [-0.39, 0.29) is 6.04 Å². The van der Waals surface area contributed by atoms with Gasteiger partial charge in [-0.25, -0.2) is 13.1 Å². The number of guanidine groups is 1. The van der Waals surface area contributed by atoms with Crippen molar-refractivity contribution in [2.24, 2.45) is 12.0 Å². The number of anilines is 1. The lowest BCUT2D eigenvalue weighted by atomic mass is 10.1. The van der Waals surface area contributed by atoms with E-state index in [4.69, 9.17) is 0 Å². The molecule has 154 valence electrons. The van der Waals surface area contributed by atoms with Gasteiger partial charge in [-0.1, -0.05) is 0 Å². The molecule has 0 spiro atoms. The van der Waals surface area contributed by atoms with E-state index in [0.29, 0.717) is 12.5 Å². The number of sulfonamides is 1. The topological polar surface area (TPSA) is 104 Å². The van der Waals surface area contributed by atoms with Gasteiger partial charge >= 0.3 is 0 Å². The molecular formula is C17H33N7O2S. The molecule has 27 heavy (non-hydrogen) atoms. The van der Waals surface area contributed by atoms with E-state index in [0.717, 1.165) is 44.4 Å². The van der Waals surface area contributed by atoms with Crippen molar-refractivity contribution in [2.75, 3.05) is 37.3 Å². The standard InChI is InChI=1S/C17H33N7O2S/c1-6-18-16(19-13-17(2,3)22-27(5,25)26)21-14-8-7-9-24(11-14)15-10-20-23(4)12-15/h10,12,14,22H,6-9,11,13H2,1-5H3,(H2,18,19,21). The molecule has 10 heteroatoms. The molecule has 1 unspecified atom stereocenters. The molecule has 1 aromatic heterocycles. The SMILES string of the molecule is CCNC(=NCC(C)(C)NS(C)(=O)=O)NC1CCCN(c2cnn(C)c2)C1. The molecule has 0 amide bonds. The van der Waals surface area contributed by atoms with Gasteiger partial charge in [0.1, 0.15) is 0 Å². The maximum absolute atomic E-state index is 11.5. The third-order valence-corrected chi connectivity index (χ3v) is 5.18. The van der Waals surface area contributed by atoms with E-state index in [1.54, 1.807) is 0 Å². The quantitative estimate of drug-likeness (QED) is 0.449. The fourth-order valence-corrected chi connectivity index (χ4v) is 4.29. The van der Waals surface area contributed by atoms with Crippen LogP contribution in [-0.2, 0) is 17.1 Å². The molecule has 0 radical (unpaired) electrons. The van der Waals surface area contributed by atoms with Crippen LogP contribution in [0, 0.1) is 0 Å². The summed E-state index contributed by atoms with van der Waals surface area (Å²) in [6, 6.07) is 0.266. The summed E-state index contributed by atoms with van der Waals surface area (Å²) in [4.78, 5) is 6.92. The summed E-state index contributed by atoms with van der Waals surface area (Å²) in [5.74, 6) is 0.707. The van der Waals surface area contributed by atoms with Gasteiger partial charge in [-0.15, -0.1) is 0 Å². The first kappa shape index (κ1) is 21.5. The van der Waals surface area contributed by atoms with Crippen LogP contribution in [0.15, 0.2) is 17.4 Å². The number of aryl methyl sites for hydroxylation is 1. The normalized spacial score (nSPS) is 19.2. The lowest BCUT2D eigenvalue weighted by molar-refractivity contribution is 0.454. The highest BCUT2D eigenvalue weighted by Gasteiger charge is 2.24. The second-order valence-corrected chi connectivity index (χ2v) is 9.50. The second-order valence-electron chi connectivity index (χ2n) is 7.75. The van der Waals surface area contributed by atoms with Gasteiger partial charge < -0.3 is 15.5 Å². The number of nitrogens with one attached hydrogen (secondary N) is 3. The maximum Gasteiger partial charge on any atom is 0.209 e. The maximum atomic E-state index is 11.5. The summed E-state index contributed by atoms with van der Waals surface area (Å²) in [5.41, 5.74) is 0.481. The smallest absolute Gasteiger partial charge is 0.209 e. The zero-order valence-electron chi connectivity index (χ0n) is 17.0. The molecule has 1 saturated heterocycles. The first-order valence-corrected chi connectivity index (χ1v) is 11.2. The number of aromatic nitrogens is 2. The molecule has 1 aliphatic rings. The van der Waals surface area contributed by atoms with Crippen molar-refractivity contribution in [1.82, 2.24) is 25.1 Å². The molecule has 2 rings (SSSR count). The Kier molecular flexibility index (Phi) is 7.10. The largest absolute Gasteiger partial charge is 0.367 e. The Balaban J connectivity index is 1.99. The highest BCUT2D eigenvalue weighted by molar-refractivity contribution is 7.88. The van der Waals surface area contributed by atoms with Crippen molar-refractivity contribution in [1.29, 1.82) is 0 Å². The number of hydrogen-bond acceptors (Lipinski definition) is 5. The molecule has 1 fully saturated rings. The van der Waals surface area contributed by atoms with Crippen LogP contribution in [0.1, 0.15) is 33.6 Å². The third kappa shape index (κ3) is 7.37. The van der Waals surface area contributed by atoms with Gasteiger partial charge in [-0.05, 0) is 33.6 Å². The van der Waals surface area contributed by atoms with Gasteiger partial charge in [0.2, 0.25) is 10.0 Å². The van der Waals surface area contributed by atoms with Crippen molar-refractivity contribution in [3.8, 4) is 0 Å². The molecule has 1 aliphatic heterocycles. The monoisotopic (exact) mass is 399 g/mol. The van der Waals surface area contributed by atoms with Crippen LogP contribution in [0.5, 0.6) is 0 Å². The average Bonchev–Trinajstić information content (AvgIpc) is 2.98.